The molecule has 0 amide bonds. The maximum Gasteiger partial charge on any atom is 0.326 e. The molecular formula is C12H23NO2S. The minimum atomic E-state index is -0.835. The molecule has 1 saturated carbocycles. The van der Waals surface area contributed by atoms with Gasteiger partial charge in [0.25, 0.3) is 0 Å². The van der Waals surface area contributed by atoms with Gasteiger partial charge in [0, 0.05) is 11.0 Å². The number of rotatable bonds is 5. The van der Waals surface area contributed by atoms with Gasteiger partial charge < -0.3 is 10.5 Å². The lowest BCUT2D eigenvalue weighted by Crippen LogP contribution is -2.48. The number of carbonyl (C=O) groups excluding carboxylic acids is 1. The first kappa shape index (κ1) is 13.8. The van der Waals surface area contributed by atoms with Crippen LogP contribution in [0.25, 0.3) is 0 Å². The highest BCUT2D eigenvalue weighted by Crippen LogP contribution is 2.29. The zero-order valence-corrected chi connectivity index (χ0v) is 11.1. The molecule has 1 atom stereocenters. The maximum atomic E-state index is 11.6. The first-order valence-electron chi connectivity index (χ1n) is 6.14. The molecule has 0 aromatic carbocycles. The molecule has 1 rings (SSSR count). The number of thioether (sulfide) groups is 1. The summed E-state index contributed by atoms with van der Waals surface area (Å²) in [6, 6.07) is 0. The third-order valence-corrected chi connectivity index (χ3v) is 4.62. The monoisotopic (exact) mass is 245 g/mol. The Morgan fingerprint density at radius 3 is 2.62 bits per heavy atom. The molecule has 0 saturated heterocycles. The van der Waals surface area contributed by atoms with E-state index in [9.17, 15) is 4.79 Å². The van der Waals surface area contributed by atoms with Crippen molar-refractivity contribution in [3.63, 3.8) is 0 Å². The normalized spacial score (nSPS) is 21.4. The van der Waals surface area contributed by atoms with Crippen LogP contribution in [0, 0.1) is 0 Å². The van der Waals surface area contributed by atoms with Crippen LogP contribution in [0.5, 0.6) is 0 Å². The van der Waals surface area contributed by atoms with Gasteiger partial charge in [-0.05, 0) is 26.7 Å². The van der Waals surface area contributed by atoms with Crippen molar-refractivity contribution in [1.82, 2.24) is 0 Å². The summed E-state index contributed by atoms with van der Waals surface area (Å²) in [5.41, 5.74) is 5.13. The lowest BCUT2D eigenvalue weighted by molar-refractivity contribution is -0.148. The van der Waals surface area contributed by atoms with Gasteiger partial charge in [-0.25, -0.2) is 0 Å². The topological polar surface area (TPSA) is 52.3 Å². The van der Waals surface area contributed by atoms with Gasteiger partial charge in [0.2, 0.25) is 0 Å². The van der Waals surface area contributed by atoms with Gasteiger partial charge in [-0.1, -0.05) is 19.3 Å². The second kappa shape index (κ2) is 6.50. The molecule has 0 aromatic heterocycles. The van der Waals surface area contributed by atoms with Crippen LogP contribution in [-0.4, -0.2) is 29.1 Å². The summed E-state index contributed by atoms with van der Waals surface area (Å²) in [4.78, 5) is 11.6. The van der Waals surface area contributed by atoms with Gasteiger partial charge in [0.1, 0.15) is 5.54 Å². The standard InChI is InChI=1S/C12H23NO2S/c1-3-15-11(14)12(2,13)9-16-10-7-5-4-6-8-10/h10H,3-9,13H2,1-2H3. The maximum absolute atomic E-state index is 11.6. The van der Waals surface area contributed by atoms with Crippen molar-refractivity contribution >= 4 is 17.7 Å². The first-order valence-corrected chi connectivity index (χ1v) is 7.19. The van der Waals surface area contributed by atoms with Crippen molar-refractivity contribution in [3.05, 3.63) is 0 Å². The van der Waals surface area contributed by atoms with Gasteiger partial charge in [-0.3, -0.25) is 4.79 Å². The highest BCUT2D eigenvalue weighted by atomic mass is 32.2. The SMILES string of the molecule is CCOC(=O)C(C)(N)CSC1CCCCC1. The summed E-state index contributed by atoms with van der Waals surface area (Å²) < 4.78 is 4.97. The molecule has 1 fully saturated rings. The van der Waals surface area contributed by atoms with Crippen LogP contribution in [0.3, 0.4) is 0 Å². The van der Waals surface area contributed by atoms with Gasteiger partial charge in [-0.15, -0.1) is 0 Å². The average molecular weight is 245 g/mol. The van der Waals surface area contributed by atoms with E-state index in [0.717, 1.165) is 0 Å². The van der Waals surface area contributed by atoms with E-state index in [2.05, 4.69) is 0 Å². The quantitative estimate of drug-likeness (QED) is 0.755. The number of carbonyl (C=O) groups is 1. The Morgan fingerprint density at radius 2 is 2.06 bits per heavy atom. The summed E-state index contributed by atoms with van der Waals surface area (Å²) >= 11 is 1.83. The van der Waals surface area contributed by atoms with Crippen molar-refractivity contribution in [3.8, 4) is 0 Å². The lowest BCUT2D eigenvalue weighted by atomic mass is 10.0. The fourth-order valence-electron chi connectivity index (χ4n) is 1.88. The molecule has 0 radical (unpaired) electrons. The van der Waals surface area contributed by atoms with E-state index in [1.807, 2.05) is 18.7 Å². The van der Waals surface area contributed by atoms with Crippen molar-refractivity contribution in [2.75, 3.05) is 12.4 Å². The van der Waals surface area contributed by atoms with Crippen LogP contribution in [0.2, 0.25) is 0 Å². The second-order valence-electron chi connectivity index (χ2n) is 4.71. The largest absolute Gasteiger partial charge is 0.465 e. The minimum absolute atomic E-state index is 0.279. The summed E-state index contributed by atoms with van der Waals surface area (Å²) in [6.07, 6.45) is 6.53. The van der Waals surface area contributed by atoms with E-state index < -0.39 is 5.54 Å². The first-order chi connectivity index (χ1) is 7.56. The molecule has 4 heteroatoms. The van der Waals surface area contributed by atoms with Crippen LogP contribution >= 0.6 is 11.8 Å². The Kier molecular flexibility index (Phi) is 5.62. The summed E-state index contributed by atoms with van der Waals surface area (Å²) in [7, 11) is 0. The predicted molar refractivity (Wildman–Crippen MR) is 68.6 cm³/mol. The molecule has 1 aliphatic rings. The predicted octanol–water partition coefficient (Wildman–Crippen LogP) is 2.33. The average Bonchev–Trinajstić information content (AvgIpc) is 2.28. The van der Waals surface area contributed by atoms with E-state index in [0.29, 0.717) is 17.6 Å². The zero-order chi connectivity index (χ0) is 12.0. The summed E-state index contributed by atoms with van der Waals surface area (Å²) in [6.45, 7) is 3.97. The highest BCUT2D eigenvalue weighted by Gasteiger charge is 2.31. The van der Waals surface area contributed by atoms with E-state index >= 15 is 0 Å². The minimum Gasteiger partial charge on any atom is -0.465 e. The number of esters is 1. The molecular weight excluding hydrogens is 222 g/mol. The molecule has 0 spiro atoms. The molecule has 1 unspecified atom stereocenters. The van der Waals surface area contributed by atoms with Gasteiger partial charge >= 0.3 is 5.97 Å². The molecule has 1 aliphatic carbocycles. The molecule has 2 N–H and O–H groups in total. The summed E-state index contributed by atoms with van der Waals surface area (Å²) in [5.74, 6) is 0.384. The Labute approximate surface area is 102 Å². The third-order valence-electron chi connectivity index (χ3n) is 2.91. The molecule has 3 nitrogen and oxygen atoms in total. The van der Waals surface area contributed by atoms with E-state index in [-0.39, 0.29) is 5.97 Å². The molecule has 0 aliphatic heterocycles. The van der Waals surface area contributed by atoms with Crippen molar-refractivity contribution in [1.29, 1.82) is 0 Å². The van der Waals surface area contributed by atoms with Crippen molar-refractivity contribution in [2.45, 2.75) is 56.7 Å². The Hall–Kier alpha value is -0.220. The fourth-order valence-corrected chi connectivity index (χ4v) is 3.24. The Morgan fingerprint density at radius 1 is 1.44 bits per heavy atom. The molecule has 0 heterocycles. The van der Waals surface area contributed by atoms with E-state index in [4.69, 9.17) is 10.5 Å². The van der Waals surface area contributed by atoms with Gasteiger partial charge in [0.05, 0.1) is 6.61 Å². The smallest absolute Gasteiger partial charge is 0.326 e. The number of nitrogens with two attached hydrogens (primary N) is 1. The van der Waals surface area contributed by atoms with Gasteiger partial charge in [-0.2, -0.15) is 11.8 Å². The molecule has 94 valence electrons. The molecule has 0 bridgehead atoms. The number of hydrogen-bond acceptors (Lipinski definition) is 4. The Bertz CT molecular complexity index is 225. The third kappa shape index (κ3) is 4.34. The van der Waals surface area contributed by atoms with Crippen LogP contribution in [0.1, 0.15) is 46.0 Å². The Balaban J connectivity index is 2.31. The highest BCUT2D eigenvalue weighted by molar-refractivity contribution is 8.00. The van der Waals surface area contributed by atoms with Crippen LogP contribution in [-0.2, 0) is 9.53 Å². The van der Waals surface area contributed by atoms with E-state index in [1.165, 1.54) is 32.1 Å². The second-order valence-corrected chi connectivity index (χ2v) is 6.00. The van der Waals surface area contributed by atoms with Crippen molar-refractivity contribution in [2.24, 2.45) is 5.73 Å². The van der Waals surface area contributed by atoms with Crippen molar-refractivity contribution < 1.29 is 9.53 Å². The van der Waals surface area contributed by atoms with E-state index in [1.54, 1.807) is 6.92 Å². The van der Waals surface area contributed by atoms with Crippen LogP contribution in [0.15, 0.2) is 0 Å². The number of hydrogen-bond donors (Lipinski definition) is 1. The van der Waals surface area contributed by atoms with Crippen LogP contribution in [0.4, 0.5) is 0 Å². The lowest BCUT2D eigenvalue weighted by Gasteiger charge is -2.26. The van der Waals surface area contributed by atoms with Gasteiger partial charge in [0.15, 0.2) is 0 Å². The molecule has 0 aromatic rings. The fraction of sp³-hybridized carbons (Fsp3) is 0.917. The molecule has 16 heavy (non-hydrogen) atoms. The van der Waals surface area contributed by atoms with Crippen LogP contribution < -0.4 is 5.73 Å². The summed E-state index contributed by atoms with van der Waals surface area (Å²) in [5, 5.41) is 0.686. The number of ether oxygens (including phenoxy) is 1. The zero-order valence-electron chi connectivity index (χ0n) is 10.3.